The van der Waals surface area contributed by atoms with E-state index in [0.29, 0.717) is 10.9 Å². The third-order valence-electron chi connectivity index (χ3n) is 3.62. The number of ketones is 1. The molecule has 4 N–H and O–H groups in total. The minimum atomic E-state index is -0.981. The minimum absolute atomic E-state index is 0.0601. The molecule has 10 nitrogen and oxygen atoms in total. The van der Waals surface area contributed by atoms with E-state index >= 15 is 0 Å². The summed E-state index contributed by atoms with van der Waals surface area (Å²) >= 11 is 0. The summed E-state index contributed by atoms with van der Waals surface area (Å²) < 4.78 is 10.0. The normalized spacial score (nSPS) is 12.5. The maximum atomic E-state index is 12.4. The maximum absolute atomic E-state index is 12.4. The number of methoxy groups -OCH3 is 1. The lowest BCUT2D eigenvalue weighted by atomic mass is 10.1. The van der Waals surface area contributed by atoms with Crippen molar-refractivity contribution in [1.29, 1.82) is 0 Å². The van der Waals surface area contributed by atoms with Gasteiger partial charge in [-0.2, -0.15) is 5.10 Å². The van der Waals surface area contributed by atoms with E-state index in [4.69, 9.17) is 15.2 Å². The number of fused-ring (bicyclic) bond motifs is 1. The van der Waals surface area contributed by atoms with Crippen LogP contribution in [-0.4, -0.2) is 52.5 Å². The number of esters is 1. The van der Waals surface area contributed by atoms with Gasteiger partial charge in [-0.05, 0) is 13.8 Å². The Kier molecular flexibility index (Phi) is 6.14. The number of aliphatic hydroxyl groups excluding tert-OH is 1. The molecule has 0 aliphatic carbocycles. The van der Waals surface area contributed by atoms with E-state index in [2.05, 4.69) is 21.6 Å². The van der Waals surface area contributed by atoms with Crippen molar-refractivity contribution in [3.8, 4) is 5.75 Å². The molecule has 1 atom stereocenters. The van der Waals surface area contributed by atoms with Crippen LogP contribution in [0.5, 0.6) is 5.75 Å². The van der Waals surface area contributed by atoms with Crippen molar-refractivity contribution in [2.75, 3.05) is 18.7 Å². The van der Waals surface area contributed by atoms with Gasteiger partial charge in [-0.1, -0.05) is 6.58 Å². The van der Waals surface area contributed by atoms with Crippen molar-refractivity contribution in [3.63, 3.8) is 0 Å². The van der Waals surface area contributed by atoms with Crippen molar-refractivity contribution in [3.05, 3.63) is 30.7 Å². The Morgan fingerprint density at radius 3 is 2.81 bits per heavy atom. The molecule has 27 heavy (non-hydrogen) atoms. The number of hydrazone groups is 1. The Labute approximate surface area is 155 Å². The van der Waals surface area contributed by atoms with E-state index in [1.165, 1.54) is 37.6 Å². The molecule has 0 aliphatic rings. The highest BCUT2D eigenvalue weighted by Gasteiger charge is 2.26. The zero-order valence-electron chi connectivity index (χ0n) is 15.2. The number of carbonyl (C=O) groups is 2. The van der Waals surface area contributed by atoms with Gasteiger partial charge in [-0.25, -0.2) is 14.8 Å². The summed E-state index contributed by atoms with van der Waals surface area (Å²) in [7, 11) is 1.41. The molecule has 2 rings (SSSR count). The molecule has 0 aromatic carbocycles. The quantitative estimate of drug-likeness (QED) is 0.154. The van der Waals surface area contributed by atoms with Crippen LogP contribution in [0.4, 0.5) is 5.82 Å². The summed E-state index contributed by atoms with van der Waals surface area (Å²) in [6.07, 6.45) is 3.08. The summed E-state index contributed by atoms with van der Waals surface area (Å²) in [6.45, 7) is 6.79. The number of aromatic amines is 1. The third kappa shape index (κ3) is 3.90. The number of Topliss-reactive ketones (excluding diaryl/α,β-unsaturated/α-hetero) is 1. The molecule has 0 spiro atoms. The minimum Gasteiger partial charge on any atom is -0.494 e. The number of aliphatic hydroxyl groups is 1. The Hall–Kier alpha value is -3.40. The first-order valence-electron chi connectivity index (χ1n) is 8.04. The van der Waals surface area contributed by atoms with Crippen LogP contribution < -0.4 is 15.5 Å². The summed E-state index contributed by atoms with van der Waals surface area (Å²) in [6, 6.07) is 0. The molecule has 0 aliphatic heterocycles. The Bertz CT molecular complexity index is 902. The molecule has 10 heteroatoms. The first-order valence-corrected chi connectivity index (χ1v) is 8.04. The molecule has 0 radical (unpaired) electrons. The monoisotopic (exact) mass is 375 g/mol. The van der Waals surface area contributed by atoms with Crippen LogP contribution in [0.25, 0.3) is 10.9 Å². The second-order valence-electron chi connectivity index (χ2n) is 5.38. The van der Waals surface area contributed by atoms with Gasteiger partial charge in [-0.15, -0.1) is 0 Å². The van der Waals surface area contributed by atoms with E-state index in [1.807, 2.05) is 0 Å². The van der Waals surface area contributed by atoms with Crippen LogP contribution in [0, 0.1) is 0 Å². The van der Waals surface area contributed by atoms with E-state index in [1.54, 1.807) is 6.92 Å². The second kappa shape index (κ2) is 8.32. The molecule has 0 fully saturated rings. The zero-order chi connectivity index (χ0) is 20.1. The predicted octanol–water partition coefficient (Wildman–Crippen LogP) is 0.920. The smallest absolute Gasteiger partial charge is 0.379 e. The fraction of sp³-hybridized carbons (Fsp3) is 0.294. The Morgan fingerprint density at radius 1 is 1.56 bits per heavy atom. The molecular weight excluding hydrogens is 354 g/mol. The van der Waals surface area contributed by atoms with Gasteiger partial charge in [0, 0.05) is 12.4 Å². The number of hydrogen-bond donors (Lipinski definition) is 3. The van der Waals surface area contributed by atoms with Crippen LogP contribution in [0.15, 0.2) is 30.3 Å². The molecule has 144 valence electrons. The van der Waals surface area contributed by atoms with Crippen molar-refractivity contribution >= 4 is 34.3 Å². The summed E-state index contributed by atoms with van der Waals surface area (Å²) in [5.41, 5.74) is 6.12. The molecule has 2 aromatic heterocycles. The average Bonchev–Trinajstić information content (AvgIpc) is 3.10. The highest BCUT2D eigenvalue weighted by molar-refractivity contribution is 6.43. The number of aromatic nitrogens is 2. The molecule has 2 heterocycles. The molecule has 0 bridgehead atoms. The molecular formula is C17H21N5O5. The van der Waals surface area contributed by atoms with Crippen LogP contribution in [0.1, 0.15) is 24.2 Å². The fourth-order valence-corrected chi connectivity index (χ4v) is 2.30. The van der Waals surface area contributed by atoms with Gasteiger partial charge in [-0.3, -0.25) is 4.79 Å². The first kappa shape index (κ1) is 19.9. The van der Waals surface area contributed by atoms with E-state index in [-0.39, 0.29) is 29.6 Å². The lowest BCUT2D eigenvalue weighted by molar-refractivity contribution is -0.137. The highest BCUT2D eigenvalue weighted by Crippen LogP contribution is 2.34. The number of pyridine rings is 1. The van der Waals surface area contributed by atoms with Crippen molar-refractivity contribution in [2.24, 2.45) is 10.8 Å². The summed E-state index contributed by atoms with van der Waals surface area (Å²) in [5, 5.41) is 15.2. The van der Waals surface area contributed by atoms with Crippen molar-refractivity contribution < 1.29 is 24.2 Å². The van der Waals surface area contributed by atoms with Crippen LogP contribution >= 0.6 is 0 Å². The lowest BCUT2D eigenvalue weighted by Crippen LogP contribution is -2.29. The van der Waals surface area contributed by atoms with Crippen molar-refractivity contribution in [1.82, 2.24) is 9.97 Å². The van der Waals surface area contributed by atoms with Gasteiger partial charge in [0.1, 0.15) is 17.7 Å². The standard InChI is InChI=1S/C17H21N5O5/c1-5-22(21-15(18)9(3)23)16-13-12(11(26-4)8-20-16)10(7-19-13)14(24)17(25)27-6-2/h5,7-9,19,23H,1,6H2,2-4H3,(H2,18,21). The van der Waals surface area contributed by atoms with E-state index in [0.717, 1.165) is 0 Å². The topological polar surface area (TPSA) is 143 Å². The third-order valence-corrected chi connectivity index (χ3v) is 3.62. The molecule has 2 aromatic rings. The van der Waals surface area contributed by atoms with Gasteiger partial charge in [0.25, 0.3) is 5.78 Å². The number of H-pyrrole nitrogens is 1. The Balaban J connectivity index is 2.65. The number of anilines is 1. The van der Waals surface area contributed by atoms with Crippen LogP contribution in [0.2, 0.25) is 0 Å². The molecule has 0 saturated heterocycles. The van der Waals surface area contributed by atoms with Gasteiger partial charge in [0.05, 0.1) is 36.4 Å². The van der Waals surface area contributed by atoms with Gasteiger partial charge in [0.15, 0.2) is 5.82 Å². The number of rotatable bonds is 8. The molecule has 1 unspecified atom stereocenters. The SMILES string of the molecule is C=CN(/N=C(\N)C(C)O)c1ncc(OC)c2c(C(=O)C(=O)OCC)c[nH]c12. The number of carbonyl (C=O) groups excluding carboxylic acids is 2. The number of nitrogens with zero attached hydrogens (tertiary/aromatic N) is 3. The lowest BCUT2D eigenvalue weighted by Gasteiger charge is -2.16. The fourth-order valence-electron chi connectivity index (χ4n) is 2.30. The van der Waals surface area contributed by atoms with Gasteiger partial charge < -0.3 is 25.3 Å². The molecule has 0 amide bonds. The Morgan fingerprint density at radius 2 is 2.26 bits per heavy atom. The van der Waals surface area contributed by atoms with Gasteiger partial charge >= 0.3 is 5.97 Å². The van der Waals surface area contributed by atoms with E-state index < -0.39 is 17.9 Å². The zero-order valence-corrected chi connectivity index (χ0v) is 15.2. The van der Waals surface area contributed by atoms with Crippen LogP contribution in [-0.2, 0) is 9.53 Å². The van der Waals surface area contributed by atoms with Gasteiger partial charge in [0.2, 0.25) is 0 Å². The predicted molar refractivity (Wildman–Crippen MR) is 99.6 cm³/mol. The first-order chi connectivity index (χ1) is 12.8. The largest absolute Gasteiger partial charge is 0.494 e. The number of nitrogens with one attached hydrogen (secondary N) is 1. The number of ether oxygens (including phenoxy) is 2. The van der Waals surface area contributed by atoms with E-state index in [9.17, 15) is 14.7 Å². The molecule has 0 saturated carbocycles. The number of nitrogens with two attached hydrogens (primary N) is 1. The number of hydrogen-bond acceptors (Lipinski definition) is 8. The highest BCUT2D eigenvalue weighted by atomic mass is 16.5. The summed E-state index contributed by atoms with van der Waals surface area (Å²) in [5.74, 6) is -1.34. The van der Waals surface area contributed by atoms with Crippen LogP contribution in [0.3, 0.4) is 0 Å². The average molecular weight is 375 g/mol. The summed E-state index contributed by atoms with van der Waals surface area (Å²) in [4.78, 5) is 31.4. The maximum Gasteiger partial charge on any atom is 0.379 e. The second-order valence-corrected chi connectivity index (χ2v) is 5.38. The van der Waals surface area contributed by atoms with Crippen molar-refractivity contribution in [2.45, 2.75) is 20.0 Å². The number of amidine groups is 1.